The summed E-state index contributed by atoms with van der Waals surface area (Å²) in [5.41, 5.74) is 2.48. The molecule has 3 rings (SSSR count). The van der Waals surface area contributed by atoms with Crippen LogP contribution < -0.4 is 5.43 Å². The molecule has 0 spiro atoms. The van der Waals surface area contributed by atoms with Crippen LogP contribution in [-0.4, -0.2) is 13.1 Å². The van der Waals surface area contributed by atoms with Gasteiger partial charge in [-0.05, 0) is 31.2 Å². The lowest BCUT2D eigenvalue weighted by Crippen LogP contribution is -2.02. The zero-order valence-corrected chi connectivity index (χ0v) is 12.3. The zero-order valence-electron chi connectivity index (χ0n) is 12.3. The highest BCUT2D eigenvalue weighted by molar-refractivity contribution is 5.91. The van der Waals surface area contributed by atoms with Gasteiger partial charge in [-0.25, -0.2) is 4.79 Å². The highest BCUT2D eigenvalue weighted by Crippen LogP contribution is 2.23. The van der Waals surface area contributed by atoms with Gasteiger partial charge in [0, 0.05) is 11.6 Å². The van der Waals surface area contributed by atoms with Gasteiger partial charge in [0.05, 0.1) is 18.1 Å². The van der Waals surface area contributed by atoms with Gasteiger partial charge in [0.1, 0.15) is 11.3 Å². The monoisotopic (exact) mass is 294 g/mol. The molecule has 110 valence electrons. The minimum Gasteiger partial charge on any atom is -0.465 e. The van der Waals surface area contributed by atoms with Crippen molar-refractivity contribution in [3.05, 3.63) is 69.9 Å². The van der Waals surface area contributed by atoms with E-state index < -0.39 is 5.97 Å². The number of carbonyl (C=O) groups is 1. The van der Waals surface area contributed by atoms with E-state index in [-0.39, 0.29) is 5.43 Å². The van der Waals surface area contributed by atoms with E-state index >= 15 is 0 Å². The first-order chi connectivity index (χ1) is 10.6. The number of rotatable bonds is 2. The normalized spacial score (nSPS) is 10.6. The highest BCUT2D eigenvalue weighted by Gasteiger charge is 2.10. The Labute approximate surface area is 127 Å². The molecule has 2 aromatic carbocycles. The van der Waals surface area contributed by atoms with Crippen LogP contribution in [0.4, 0.5) is 0 Å². The van der Waals surface area contributed by atoms with Gasteiger partial charge >= 0.3 is 5.97 Å². The predicted octanol–water partition coefficient (Wildman–Crippen LogP) is 3.56. The fraction of sp³-hybridized carbons (Fsp3) is 0.111. The third-order valence-corrected chi connectivity index (χ3v) is 3.45. The third kappa shape index (κ3) is 2.51. The fourth-order valence-electron chi connectivity index (χ4n) is 2.33. The van der Waals surface area contributed by atoms with E-state index in [1.807, 2.05) is 13.0 Å². The molecular formula is C18H14O4. The summed E-state index contributed by atoms with van der Waals surface area (Å²) in [7, 11) is 1.33. The van der Waals surface area contributed by atoms with Crippen molar-refractivity contribution in [2.75, 3.05) is 7.11 Å². The fourth-order valence-corrected chi connectivity index (χ4v) is 2.33. The number of aryl methyl sites for hydroxylation is 1. The maximum Gasteiger partial charge on any atom is 0.337 e. The second kappa shape index (κ2) is 5.48. The maximum absolute atomic E-state index is 12.2. The number of hydrogen-bond acceptors (Lipinski definition) is 4. The zero-order chi connectivity index (χ0) is 15.7. The molecular weight excluding hydrogens is 280 g/mol. The lowest BCUT2D eigenvalue weighted by molar-refractivity contribution is 0.0601. The van der Waals surface area contributed by atoms with Crippen molar-refractivity contribution in [2.24, 2.45) is 0 Å². The van der Waals surface area contributed by atoms with Crippen LogP contribution in [0, 0.1) is 6.92 Å². The summed E-state index contributed by atoms with van der Waals surface area (Å²) in [5, 5.41) is 0.549. The van der Waals surface area contributed by atoms with Crippen molar-refractivity contribution in [3.8, 4) is 11.3 Å². The van der Waals surface area contributed by atoms with Crippen molar-refractivity contribution in [3.63, 3.8) is 0 Å². The smallest absolute Gasteiger partial charge is 0.337 e. The maximum atomic E-state index is 12.2. The van der Waals surface area contributed by atoms with E-state index in [0.29, 0.717) is 27.9 Å². The Kier molecular flexibility index (Phi) is 3.51. The van der Waals surface area contributed by atoms with E-state index in [4.69, 9.17) is 9.15 Å². The van der Waals surface area contributed by atoms with Crippen LogP contribution in [0.3, 0.4) is 0 Å². The van der Waals surface area contributed by atoms with Gasteiger partial charge in [0.15, 0.2) is 5.43 Å². The standard InChI is InChI=1S/C18H14O4/c1-11-6-7-16-14(8-11)15(19)10-17(22-16)12-4-3-5-13(9-12)18(20)21-2/h3-10H,1-2H3. The van der Waals surface area contributed by atoms with E-state index in [2.05, 4.69) is 0 Å². The topological polar surface area (TPSA) is 56.5 Å². The van der Waals surface area contributed by atoms with Crippen molar-refractivity contribution in [2.45, 2.75) is 6.92 Å². The molecule has 22 heavy (non-hydrogen) atoms. The van der Waals surface area contributed by atoms with Crippen molar-refractivity contribution in [1.29, 1.82) is 0 Å². The number of ether oxygens (including phenoxy) is 1. The van der Waals surface area contributed by atoms with Gasteiger partial charge in [-0.3, -0.25) is 4.79 Å². The summed E-state index contributed by atoms with van der Waals surface area (Å²) in [6.45, 7) is 1.92. The molecule has 0 bridgehead atoms. The van der Waals surface area contributed by atoms with Crippen LogP contribution in [0.25, 0.3) is 22.3 Å². The Morgan fingerprint density at radius 3 is 2.68 bits per heavy atom. The second-order valence-electron chi connectivity index (χ2n) is 5.05. The van der Waals surface area contributed by atoms with Gasteiger partial charge in [0.25, 0.3) is 0 Å². The Bertz CT molecular complexity index is 922. The van der Waals surface area contributed by atoms with Crippen LogP contribution in [0.2, 0.25) is 0 Å². The summed E-state index contributed by atoms with van der Waals surface area (Å²) in [4.78, 5) is 23.8. The quantitative estimate of drug-likeness (QED) is 0.678. The lowest BCUT2D eigenvalue weighted by Gasteiger charge is -2.05. The van der Waals surface area contributed by atoms with E-state index in [1.54, 1.807) is 36.4 Å². The van der Waals surface area contributed by atoms with E-state index in [0.717, 1.165) is 5.56 Å². The van der Waals surface area contributed by atoms with E-state index in [1.165, 1.54) is 13.2 Å². The number of methoxy groups -OCH3 is 1. The van der Waals surface area contributed by atoms with Gasteiger partial charge in [-0.1, -0.05) is 23.8 Å². The summed E-state index contributed by atoms with van der Waals surface area (Å²) in [5.74, 6) is -0.00674. The van der Waals surface area contributed by atoms with Crippen molar-refractivity contribution >= 4 is 16.9 Å². The first kappa shape index (κ1) is 14.1. The molecule has 0 atom stereocenters. The highest BCUT2D eigenvalue weighted by atomic mass is 16.5. The Balaban J connectivity index is 2.17. The second-order valence-corrected chi connectivity index (χ2v) is 5.05. The molecule has 0 aliphatic rings. The largest absolute Gasteiger partial charge is 0.465 e. The molecule has 0 fully saturated rings. The molecule has 4 nitrogen and oxygen atoms in total. The van der Waals surface area contributed by atoms with Crippen LogP contribution in [0.5, 0.6) is 0 Å². The SMILES string of the molecule is COC(=O)c1cccc(-c2cc(=O)c3cc(C)ccc3o2)c1. The Hall–Kier alpha value is -2.88. The van der Waals surface area contributed by atoms with E-state index in [9.17, 15) is 9.59 Å². The molecule has 0 saturated heterocycles. The first-order valence-electron chi connectivity index (χ1n) is 6.82. The molecule has 0 saturated carbocycles. The average molecular weight is 294 g/mol. The molecule has 3 aromatic rings. The molecule has 0 N–H and O–H groups in total. The molecule has 1 heterocycles. The van der Waals surface area contributed by atoms with Crippen LogP contribution in [-0.2, 0) is 4.74 Å². The van der Waals surface area contributed by atoms with Crippen LogP contribution in [0.15, 0.2) is 57.7 Å². The molecule has 0 amide bonds. The van der Waals surface area contributed by atoms with Crippen LogP contribution in [0.1, 0.15) is 15.9 Å². The number of benzene rings is 2. The van der Waals surface area contributed by atoms with Gasteiger partial charge in [-0.15, -0.1) is 0 Å². The number of fused-ring (bicyclic) bond motifs is 1. The lowest BCUT2D eigenvalue weighted by atomic mass is 10.1. The van der Waals surface area contributed by atoms with Crippen molar-refractivity contribution < 1.29 is 13.9 Å². The number of carbonyl (C=O) groups excluding carboxylic acids is 1. The molecule has 0 radical (unpaired) electrons. The molecule has 0 aliphatic carbocycles. The minimum absolute atomic E-state index is 0.108. The molecule has 0 unspecified atom stereocenters. The predicted molar refractivity (Wildman–Crippen MR) is 84.0 cm³/mol. The Morgan fingerprint density at radius 2 is 1.91 bits per heavy atom. The first-order valence-corrected chi connectivity index (χ1v) is 6.82. The van der Waals surface area contributed by atoms with Gasteiger partial charge in [0.2, 0.25) is 0 Å². The summed E-state index contributed by atoms with van der Waals surface area (Å²) >= 11 is 0. The number of hydrogen-bond donors (Lipinski definition) is 0. The van der Waals surface area contributed by atoms with Gasteiger partial charge < -0.3 is 9.15 Å². The van der Waals surface area contributed by atoms with Gasteiger partial charge in [-0.2, -0.15) is 0 Å². The third-order valence-electron chi connectivity index (χ3n) is 3.45. The van der Waals surface area contributed by atoms with Crippen molar-refractivity contribution in [1.82, 2.24) is 0 Å². The Morgan fingerprint density at radius 1 is 1.09 bits per heavy atom. The molecule has 0 aliphatic heterocycles. The minimum atomic E-state index is -0.430. The average Bonchev–Trinajstić information content (AvgIpc) is 2.54. The molecule has 1 aromatic heterocycles. The number of esters is 1. The summed E-state index contributed by atoms with van der Waals surface area (Å²) < 4.78 is 10.5. The summed E-state index contributed by atoms with van der Waals surface area (Å²) in [6.07, 6.45) is 0. The van der Waals surface area contributed by atoms with Crippen LogP contribution >= 0.6 is 0 Å². The molecule has 4 heteroatoms. The summed E-state index contributed by atoms with van der Waals surface area (Å²) in [6, 6.07) is 13.7.